The van der Waals surface area contributed by atoms with Crippen molar-refractivity contribution < 1.29 is 9.84 Å². The molecule has 0 amide bonds. The lowest BCUT2D eigenvalue weighted by atomic mass is 10.1. The van der Waals surface area contributed by atoms with Crippen LogP contribution < -0.4 is 9.64 Å². The van der Waals surface area contributed by atoms with Crippen molar-refractivity contribution in [3.8, 4) is 11.5 Å². The van der Waals surface area contributed by atoms with Crippen molar-refractivity contribution in [3.63, 3.8) is 0 Å². The number of methoxy groups -OCH3 is 1. The maximum atomic E-state index is 9.65. The second kappa shape index (κ2) is 9.57. The van der Waals surface area contributed by atoms with E-state index in [1.165, 1.54) is 0 Å². The minimum Gasteiger partial charge on any atom is -0.504 e. The number of hydrogen-bond donors (Lipinski definition) is 1. The van der Waals surface area contributed by atoms with Crippen LogP contribution in [0.25, 0.3) is 0 Å². The van der Waals surface area contributed by atoms with Crippen LogP contribution in [0.2, 0.25) is 0 Å². The summed E-state index contributed by atoms with van der Waals surface area (Å²) in [6.45, 7) is 4.82. The molecule has 1 aromatic carbocycles. The smallest absolute Gasteiger partial charge is 0.160 e. The predicted molar refractivity (Wildman–Crippen MR) is 101 cm³/mol. The Bertz CT molecular complexity index is 620. The third-order valence-corrected chi connectivity index (χ3v) is 4.00. The highest BCUT2D eigenvalue weighted by Gasteiger charge is 2.18. The van der Waals surface area contributed by atoms with Crippen molar-refractivity contribution in [3.05, 3.63) is 48.2 Å². The molecule has 0 aliphatic carbocycles. The van der Waals surface area contributed by atoms with Gasteiger partial charge >= 0.3 is 0 Å². The van der Waals surface area contributed by atoms with Crippen LogP contribution in [0, 0.1) is 0 Å². The molecule has 1 saturated heterocycles. The van der Waals surface area contributed by atoms with E-state index in [1.807, 2.05) is 30.5 Å². The zero-order valence-corrected chi connectivity index (χ0v) is 15.2. The van der Waals surface area contributed by atoms with Gasteiger partial charge in [0, 0.05) is 38.9 Å². The summed E-state index contributed by atoms with van der Waals surface area (Å²) < 4.78 is 5.16. The summed E-state index contributed by atoms with van der Waals surface area (Å²) in [6.07, 6.45) is 1.84. The van der Waals surface area contributed by atoms with Crippen LogP contribution in [0.3, 0.4) is 0 Å². The zero-order valence-electron chi connectivity index (χ0n) is 13.6. The van der Waals surface area contributed by atoms with Crippen LogP contribution in [-0.2, 0) is 6.54 Å². The van der Waals surface area contributed by atoms with Gasteiger partial charge in [-0.15, -0.1) is 24.8 Å². The summed E-state index contributed by atoms with van der Waals surface area (Å²) in [5.41, 5.74) is 1.15. The summed E-state index contributed by atoms with van der Waals surface area (Å²) in [5, 5.41) is 9.65. The predicted octanol–water partition coefficient (Wildman–Crippen LogP) is 2.96. The van der Waals surface area contributed by atoms with Crippen molar-refractivity contribution >= 4 is 30.6 Å². The van der Waals surface area contributed by atoms with E-state index in [4.69, 9.17) is 4.74 Å². The second-order valence-electron chi connectivity index (χ2n) is 5.46. The molecule has 0 radical (unpaired) electrons. The van der Waals surface area contributed by atoms with E-state index in [2.05, 4.69) is 20.9 Å². The average Bonchev–Trinajstić information content (AvgIpc) is 2.58. The van der Waals surface area contributed by atoms with Gasteiger partial charge in [-0.05, 0) is 29.8 Å². The fraction of sp³-hybridized carbons (Fsp3) is 0.353. The number of pyridine rings is 1. The van der Waals surface area contributed by atoms with E-state index in [-0.39, 0.29) is 30.6 Å². The first-order valence-electron chi connectivity index (χ1n) is 7.50. The maximum Gasteiger partial charge on any atom is 0.160 e. The number of hydrogen-bond acceptors (Lipinski definition) is 5. The van der Waals surface area contributed by atoms with Crippen LogP contribution in [-0.4, -0.2) is 48.3 Å². The van der Waals surface area contributed by atoms with Gasteiger partial charge in [0.25, 0.3) is 0 Å². The first-order valence-corrected chi connectivity index (χ1v) is 7.50. The number of rotatable bonds is 4. The molecule has 7 heteroatoms. The number of piperazine rings is 1. The number of nitrogens with zero attached hydrogens (tertiary/aromatic N) is 3. The van der Waals surface area contributed by atoms with Gasteiger partial charge in [-0.3, -0.25) is 4.90 Å². The van der Waals surface area contributed by atoms with Gasteiger partial charge in [-0.25, -0.2) is 4.98 Å². The molecule has 1 aromatic heterocycles. The molecule has 3 rings (SSSR count). The minimum absolute atomic E-state index is 0. The zero-order chi connectivity index (χ0) is 15.4. The summed E-state index contributed by atoms with van der Waals surface area (Å²) in [6, 6.07) is 11.6. The van der Waals surface area contributed by atoms with Gasteiger partial charge in [0.2, 0.25) is 0 Å². The van der Waals surface area contributed by atoms with Crippen LogP contribution in [0.1, 0.15) is 5.56 Å². The van der Waals surface area contributed by atoms with Crippen molar-refractivity contribution in [2.24, 2.45) is 0 Å². The van der Waals surface area contributed by atoms with Gasteiger partial charge in [0.05, 0.1) is 7.11 Å². The first kappa shape index (κ1) is 20.4. The molecule has 2 heterocycles. The SMILES string of the molecule is COc1cc(CN2CCN(c3ccccn3)CC2)ccc1O.Cl.Cl. The van der Waals surface area contributed by atoms with Gasteiger partial charge in [-0.2, -0.15) is 0 Å². The molecular weight excluding hydrogens is 349 g/mol. The summed E-state index contributed by atoms with van der Waals surface area (Å²) in [5.74, 6) is 1.77. The lowest BCUT2D eigenvalue weighted by Gasteiger charge is -2.35. The lowest BCUT2D eigenvalue weighted by Crippen LogP contribution is -2.46. The summed E-state index contributed by atoms with van der Waals surface area (Å²) in [4.78, 5) is 9.13. The molecule has 0 saturated carbocycles. The topological polar surface area (TPSA) is 48.8 Å². The maximum absolute atomic E-state index is 9.65. The van der Waals surface area contributed by atoms with E-state index in [0.29, 0.717) is 5.75 Å². The molecule has 0 unspecified atom stereocenters. The fourth-order valence-corrected chi connectivity index (χ4v) is 2.75. The standard InChI is InChI=1S/C17H21N3O2.2ClH/c1-22-16-12-14(5-6-15(16)21)13-19-8-10-20(11-9-19)17-4-2-3-7-18-17;;/h2-7,12,21H,8-11,13H2,1H3;2*1H. The Morgan fingerprint density at radius 1 is 1.08 bits per heavy atom. The normalized spacial score (nSPS) is 14.5. The molecule has 1 aliphatic heterocycles. The largest absolute Gasteiger partial charge is 0.504 e. The number of aromatic hydroxyl groups is 1. The quantitative estimate of drug-likeness (QED) is 0.894. The number of benzene rings is 1. The Labute approximate surface area is 155 Å². The second-order valence-corrected chi connectivity index (χ2v) is 5.46. The van der Waals surface area contributed by atoms with Crippen molar-refractivity contribution in [2.45, 2.75) is 6.54 Å². The Kier molecular flexibility index (Phi) is 8.11. The number of phenolic OH excluding ortho intramolecular Hbond substituents is 1. The van der Waals surface area contributed by atoms with E-state index in [0.717, 1.165) is 44.1 Å². The van der Waals surface area contributed by atoms with Crippen molar-refractivity contribution in [2.75, 3.05) is 38.2 Å². The van der Waals surface area contributed by atoms with Crippen LogP contribution in [0.5, 0.6) is 11.5 Å². The third kappa shape index (κ3) is 4.90. The van der Waals surface area contributed by atoms with Gasteiger partial charge in [-0.1, -0.05) is 12.1 Å². The molecule has 1 N–H and O–H groups in total. The minimum atomic E-state index is 0. The van der Waals surface area contributed by atoms with E-state index < -0.39 is 0 Å². The Hall–Kier alpha value is -1.69. The van der Waals surface area contributed by atoms with Gasteiger partial charge < -0.3 is 14.7 Å². The third-order valence-electron chi connectivity index (χ3n) is 4.00. The lowest BCUT2D eigenvalue weighted by molar-refractivity contribution is 0.249. The Balaban J connectivity index is 0.00000144. The monoisotopic (exact) mass is 371 g/mol. The molecule has 24 heavy (non-hydrogen) atoms. The average molecular weight is 372 g/mol. The number of halogens is 2. The highest BCUT2D eigenvalue weighted by Crippen LogP contribution is 2.27. The molecule has 2 aromatic rings. The molecule has 0 spiro atoms. The molecule has 1 aliphatic rings. The molecule has 1 fully saturated rings. The fourth-order valence-electron chi connectivity index (χ4n) is 2.75. The van der Waals surface area contributed by atoms with Crippen LogP contribution in [0.15, 0.2) is 42.6 Å². The number of phenols is 1. The first-order chi connectivity index (χ1) is 10.8. The summed E-state index contributed by atoms with van der Waals surface area (Å²) in [7, 11) is 1.57. The van der Waals surface area contributed by atoms with E-state index in [1.54, 1.807) is 13.2 Å². The number of anilines is 1. The highest BCUT2D eigenvalue weighted by atomic mass is 35.5. The number of ether oxygens (including phenoxy) is 1. The van der Waals surface area contributed by atoms with Crippen LogP contribution >= 0.6 is 24.8 Å². The van der Waals surface area contributed by atoms with Crippen molar-refractivity contribution in [1.29, 1.82) is 0 Å². The van der Waals surface area contributed by atoms with E-state index >= 15 is 0 Å². The molecule has 132 valence electrons. The summed E-state index contributed by atoms with van der Waals surface area (Å²) >= 11 is 0. The molecular formula is C17H23Cl2N3O2. The molecule has 0 atom stereocenters. The Morgan fingerprint density at radius 2 is 1.83 bits per heavy atom. The van der Waals surface area contributed by atoms with Crippen LogP contribution in [0.4, 0.5) is 5.82 Å². The van der Waals surface area contributed by atoms with E-state index in [9.17, 15) is 5.11 Å². The Morgan fingerprint density at radius 3 is 2.46 bits per heavy atom. The van der Waals surface area contributed by atoms with Gasteiger partial charge in [0.1, 0.15) is 5.82 Å². The molecule has 0 bridgehead atoms. The van der Waals surface area contributed by atoms with Crippen molar-refractivity contribution in [1.82, 2.24) is 9.88 Å². The number of aromatic nitrogens is 1. The van der Waals surface area contributed by atoms with Gasteiger partial charge in [0.15, 0.2) is 11.5 Å². The molecule has 5 nitrogen and oxygen atoms in total. The highest BCUT2D eigenvalue weighted by molar-refractivity contribution is 5.85.